The molecule has 9 nitrogen and oxygen atoms in total. The van der Waals surface area contributed by atoms with Crippen LogP contribution in [-0.2, 0) is 26.2 Å². The molecular weight excluding hydrogens is 637 g/mol. The second kappa shape index (κ2) is 13.7. The van der Waals surface area contributed by atoms with Gasteiger partial charge in [-0.3, -0.25) is 13.9 Å². The van der Waals surface area contributed by atoms with Gasteiger partial charge in [-0.2, -0.15) is 0 Å². The van der Waals surface area contributed by atoms with Crippen molar-refractivity contribution in [3.8, 4) is 11.4 Å². The maximum Gasteiger partial charge on any atom is 0.323 e. The van der Waals surface area contributed by atoms with E-state index in [0.717, 1.165) is 51.4 Å². The number of aliphatic carboxylic acids is 1. The molecule has 2 aliphatic carbocycles. The molecule has 1 unspecified atom stereocenters. The fourth-order valence-corrected chi connectivity index (χ4v) is 9.64. The molecule has 1 N–H and O–H groups in total. The lowest BCUT2D eigenvalue weighted by atomic mass is 9.71. The van der Waals surface area contributed by atoms with E-state index in [4.69, 9.17) is 0 Å². The van der Waals surface area contributed by atoms with Gasteiger partial charge in [0.15, 0.2) is 5.82 Å². The van der Waals surface area contributed by atoms with E-state index in [1.165, 1.54) is 55.1 Å². The summed E-state index contributed by atoms with van der Waals surface area (Å²) >= 11 is 0. The van der Waals surface area contributed by atoms with Crippen molar-refractivity contribution in [2.24, 2.45) is 17.8 Å². The van der Waals surface area contributed by atoms with Crippen LogP contribution in [-0.4, -0.2) is 53.4 Å². The number of rotatable bonds is 10. The summed E-state index contributed by atoms with van der Waals surface area (Å²) in [7, 11) is -3.96. The number of carboxylic acid groups (broad SMARTS) is 1. The number of benzene rings is 3. The van der Waals surface area contributed by atoms with Gasteiger partial charge in [0.1, 0.15) is 13.1 Å². The summed E-state index contributed by atoms with van der Waals surface area (Å²) in [4.78, 5) is 35.9. The smallest absolute Gasteiger partial charge is 0.323 e. The number of hydrogen-bond acceptors (Lipinski definition) is 6. The fraction of sp³-hybridized carbons (Fsp3) is 0.385. The molecule has 0 radical (unpaired) electrons. The van der Waals surface area contributed by atoms with E-state index in [1.807, 2.05) is 48.8 Å². The van der Waals surface area contributed by atoms with Gasteiger partial charge in [0.2, 0.25) is 5.91 Å². The molecule has 1 aromatic heterocycles. The summed E-state index contributed by atoms with van der Waals surface area (Å²) in [6, 6.07) is 17.6. The molecule has 10 heteroatoms. The summed E-state index contributed by atoms with van der Waals surface area (Å²) in [5.41, 5.74) is 4.32. The third-order valence-corrected chi connectivity index (χ3v) is 12.6. The van der Waals surface area contributed by atoms with Crippen LogP contribution in [0.3, 0.4) is 0 Å². The number of allylic oxidation sites excluding steroid dienone is 2. The lowest BCUT2D eigenvalue weighted by molar-refractivity contribution is -0.144. The summed E-state index contributed by atoms with van der Waals surface area (Å²) in [6.07, 6.45) is 16.5. The SMILES string of the molecule is CCC1CCC(C2CC=C(c3cnc(-c4ccc(CN(CC(=O)O)C(=O)CN5c6cccc7cccc(c67)S5(=O)=O)cc4)nc3)CC2)CC1. The molecule has 49 heavy (non-hydrogen) atoms. The van der Waals surface area contributed by atoms with Gasteiger partial charge < -0.3 is 10.0 Å². The first kappa shape index (κ1) is 33.0. The zero-order chi connectivity index (χ0) is 34.1. The average Bonchev–Trinajstić information content (AvgIpc) is 3.34. The standard InChI is InChI=1S/C39H42N4O5S/c1-2-26-9-13-28(14-10-26)29-17-19-30(20-18-29)33-21-40-39(41-22-33)32-15-11-27(12-16-32)23-42(25-37(45)46)36(44)24-43-34-7-3-5-31-6-4-8-35(38(31)34)49(43,47)48/h3-8,11-12,15-16,19,21-22,26,28-29H,2,9-10,13-14,17-18,20,23-25H2,1H3,(H,45,46). The number of hydrogen-bond donors (Lipinski definition) is 1. The van der Waals surface area contributed by atoms with Crippen molar-refractivity contribution in [3.05, 3.63) is 90.3 Å². The van der Waals surface area contributed by atoms with Gasteiger partial charge in [0.25, 0.3) is 10.0 Å². The monoisotopic (exact) mass is 678 g/mol. The Bertz CT molecular complexity index is 2000. The predicted molar refractivity (Wildman–Crippen MR) is 190 cm³/mol. The second-order valence-corrected chi connectivity index (χ2v) is 15.6. The highest BCUT2D eigenvalue weighted by atomic mass is 32.2. The van der Waals surface area contributed by atoms with Crippen LogP contribution >= 0.6 is 0 Å². The minimum atomic E-state index is -3.96. The van der Waals surface area contributed by atoms with E-state index < -0.39 is 35.0 Å². The van der Waals surface area contributed by atoms with Crippen LogP contribution in [0.4, 0.5) is 5.69 Å². The third kappa shape index (κ3) is 6.71. The average molecular weight is 679 g/mol. The van der Waals surface area contributed by atoms with E-state index in [-0.39, 0.29) is 11.4 Å². The van der Waals surface area contributed by atoms with Crippen LogP contribution in [0.25, 0.3) is 27.7 Å². The minimum absolute atomic E-state index is 0.00539. The molecule has 1 aliphatic heterocycles. The van der Waals surface area contributed by atoms with Crippen molar-refractivity contribution in [1.29, 1.82) is 0 Å². The Morgan fingerprint density at radius 3 is 2.27 bits per heavy atom. The van der Waals surface area contributed by atoms with E-state index in [1.54, 1.807) is 18.2 Å². The third-order valence-electron chi connectivity index (χ3n) is 10.8. The minimum Gasteiger partial charge on any atom is -0.480 e. The lowest BCUT2D eigenvalue weighted by Gasteiger charge is -2.35. The van der Waals surface area contributed by atoms with E-state index >= 15 is 0 Å². The van der Waals surface area contributed by atoms with Crippen molar-refractivity contribution in [2.75, 3.05) is 17.4 Å². The largest absolute Gasteiger partial charge is 0.480 e. The van der Waals surface area contributed by atoms with E-state index in [2.05, 4.69) is 23.0 Å². The first-order valence-corrected chi connectivity index (χ1v) is 18.8. The van der Waals surface area contributed by atoms with Gasteiger partial charge in [-0.1, -0.05) is 80.8 Å². The van der Waals surface area contributed by atoms with Gasteiger partial charge in [-0.05, 0) is 78.5 Å². The Hall–Kier alpha value is -4.57. The predicted octanol–water partition coefficient (Wildman–Crippen LogP) is 7.32. The number of anilines is 1. The molecule has 1 amide bonds. The van der Waals surface area contributed by atoms with Crippen LogP contribution in [0.2, 0.25) is 0 Å². The second-order valence-electron chi connectivity index (χ2n) is 13.7. The quantitative estimate of drug-likeness (QED) is 0.187. The molecule has 4 aromatic rings. The molecule has 2 heterocycles. The molecule has 1 fully saturated rings. The van der Waals surface area contributed by atoms with Crippen molar-refractivity contribution in [3.63, 3.8) is 0 Å². The van der Waals surface area contributed by atoms with E-state index in [0.29, 0.717) is 22.5 Å². The van der Waals surface area contributed by atoms with Gasteiger partial charge in [0, 0.05) is 35.5 Å². The number of carbonyl (C=O) groups is 2. The van der Waals surface area contributed by atoms with Crippen LogP contribution in [0, 0.1) is 17.8 Å². The normalized spacial score (nSPS) is 21.4. The molecule has 0 spiro atoms. The van der Waals surface area contributed by atoms with Crippen molar-refractivity contribution in [2.45, 2.75) is 69.7 Å². The summed E-state index contributed by atoms with van der Waals surface area (Å²) < 4.78 is 27.9. The van der Waals surface area contributed by atoms with Crippen LogP contribution in [0.1, 0.15) is 69.4 Å². The number of aromatic nitrogens is 2. The summed E-state index contributed by atoms with van der Waals surface area (Å²) in [5, 5.41) is 10.9. The van der Waals surface area contributed by atoms with E-state index in [9.17, 15) is 23.1 Å². The molecular formula is C39H42N4O5S. The number of amides is 1. The van der Waals surface area contributed by atoms with Crippen molar-refractivity contribution >= 4 is 43.9 Å². The summed E-state index contributed by atoms with van der Waals surface area (Å²) in [5.74, 6) is 1.39. The topological polar surface area (TPSA) is 121 Å². The van der Waals surface area contributed by atoms with Crippen LogP contribution in [0.5, 0.6) is 0 Å². The van der Waals surface area contributed by atoms with Gasteiger partial charge >= 0.3 is 5.97 Å². The molecule has 0 saturated heterocycles. The molecule has 7 rings (SSSR count). The highest BCUT2D eigenvalue weighted by molar-refractivity contribution is 7.93. The van der Waals surface area contributed by atoms with Crippen LogP contribution in [0.15, 0.2) is 84.0 Å². The maximum atomic E-state index is 13.5. The molecule has 254 valence electrons. The Labute approximate surface area is 287 Å². The Balaban J connectivity index is 0.997. The number of carboxylic acids is 1. The highest BCUT2D eigenvalue weighted by Crippen LogP contribution is 2.43. The van der Waals surface area contributed by atoms with Gasteiger partial charge in [0.05, 0.1) is 10.6 Å². The molecule has 1 atom stereocenters. The summed E-state index contributed by atoms with van der Waals surface area (Å²) in [6.45, 7) is 1.26. The number of sulfonamides is 1. The van der Waals surface area contributed by atoms with Crippen molar-refractivity contribution < 1.29 is 23.1 Å². The number of nitrogens with zero attached hydrogens (tertiary/aromatic N) is 4. The zero-order valence-electron chi connectivity index (χ0n) is 27.8. The van der Waals surface area contributed by atoms with Gasteiger partial charge in [-0.25, -0.2) is 18.4 Å². The number of carbonyl (C=O) groups excluding carboxylic acids is 1. The molecule has 3 aliphatic rings. The Morgan fingerprint density at radius 2 is 1.61 bits per heavy atom. The van der Waals surface area contributed by atoms with Crippen molar-refractivity contribution in [1.82, 2.24) is 14.9 Å². The lowest BCUT2D eigenvalue weighted by Crippen LogP contribution is -2.43. The maximum absolute atomic E-state index is 13.5. The zero-order valence-corrected chi connectivity index (χ0v) is 28.6. The Kier molecular flexibility index (Phi) is 9.24. The Morgan fingerprint density at radius 1 is 0.898 bits per heavy atom. The first-order valence-electron chi connectivity index (χ1n) is 17.4. The molecule has 3 aromatic carbocycles. The van der Waals surface area contributed by atoms with Gasteiger partial charge in [-0.15, -0.1) is 0 Å². The first-order chi connectivity index (χ1) is 23.7. The highest BCUT2D eigenvalue weighted by Gasteiger charge is 2.37. The fourth-order valence-electron chi connectivity index (χ4n) is 7.98. The molecule has 1 saturated carbocycles. The van der Waals surface area contributed by atoms with Crippen LogP contribution < -0.4 is 4.31 Å². The molecule has 0 bridgehead atoms.